The van der Waals surface area contributed by atoms with Crippen LogP contribution in [-0.2, 0) is 6.42 Å². The molecule has 0 aromatic heterocycles. The van der Waals surface area contributed by atoms with Crippen molar-refractivity contribution < 1.29 is 4.79 Å². The first-order chi connectivity index (χ1) is 6.19. The molecule has 0 aliphatic rings. The summed E-state index contributed by atoms with van der Waals surface area (Å²) >= 11 is 3.38. The summed E-state index contributed by atoms with van der Waals surface area (Å²) in [4.78, 5) is 11.4. The lowest BCUT2D eigenvalue weighted by atomic mass is 10.1. The van der Waals surface area contributed by atoms with Crippen molar-refractivity contribution in [2.24, 2.45) is 0 Å². The summed E-state index contributed by atoms with van der Waals surface area (Å²) in [5.41, 5.74) is 1.82. The molecular formula is C10H12BrNO. The van der Waals surface area contributed by atoms with Crippen LogP contribution in [0.1, 0.15) is 22.8 Å². The van der Waals surface area contributed by atoms with Gasteiger partial charge >= 0.3 is 0 Å². The molecule has 0 fully saturated rings. The number of nitrogens with one attached hydrogen (secondary N) is 1. The van der Waals surface area contributed by atoms with Crippen LogP contribution >= 0.6 is 15.9 Å². The second kappa shape index (κ2) is 4.42. The highest BCUT2D eigenvalue weighted by atomic mass is 79.9. The zero-order valence-electron chi connectivity index (χ0n) is 7.73. The van der Waals surface area contributed by atoms with Crippen LogP contribution in [0.3, 0.4) is 0 Å². The van der Waals surface area contributed by atoms with Crippen LogP contribution in [0.5, 0.6) is 0 Å². The Balaban J connectivity index is 3.13. The molecule has 70 valence electrons. The van der Waals surface area contributed by atoms with E-state index in [2.05, 4.69) is 21.2 Å². The molecule has 0 spiro atoms. The first-order valence-corrected chi connectivity index (χ1v) is 4.98. The number of hydrogen-bond donors (Lipinski definition) is 1. The van der Waals surface area contributed by atoms with Gasteiger partial charge in [-0.1, -0.05) is 22.9 Å². The van der Waals surface area contributed by atoms with E-state index in [1.54, 1.807) is 7.05 Å². The predicted molar refractivity (Wildman–Crippen MR) is 56.9 cm³/mol. The van der Waals surface area contributed by atoms with Gasteiger partial charge in [-0.3, -0.25) is 4.79 Å². The number of amides is 1. The molecule has 0 aliphatic carbocycles. The quantitative estimate of drug-likeness (QED) is 0.847. The maximum atomic E-state index is 11.4. The molecule has 0 bridgehead atoms. The maximum absolute atomic E-state index is 11.4. The first-order valence-electron chi connectivity index (χ1n) is 4.19. The number of carbonyl (C=O) groups is 1. The minimum atomic E-state index is -0.0237. The average Bonchev–Trinajstić information content (AvgIpc) is 2.16. The van der Waals surface area contributed by atoms with Crippen LogP contribution in [0.15, 0.2) is 22.7 Å². The van der Waals surface area contributed by atoms with Gasteiger partial charge in [0.05, 0.1) is 0 Å². The van der Waals surface area contributed by atoms with Gasteiger partial charge in [0, 0.05) is 17.1 Å². The lowest BCUT2D eigenvalue weighted by molar-refractivity contribution is 0.0962. The highest BCUT2D eigenvalue weighted by Crippen LogP contribution is 2.17. The van der Waals surface area contributed by atoms with Crippen molar-refractivity contribution >= 4 is 21.8 Å². The lowest BCUT2D eigenvalue weighted by Crippen LogP contribution is -2.19. The zero-order chi connectivity index (χ0) is 9.84. The second-order valence-corrected chi connectivity index (χ2v) is 3.65. The fourth-order valence-corrected chi connectivity index (χ4v) is 1.62. The monoisotopic (exact) mass is 241 g/mol. The minimum Gasteiger partial charge on any atom is -0.355 e. The Labute approximate surface area is 86.5 Å². The molecule has 1 amide bonds. The third-order valence-corrected chi connectivity index (χ3v) is 2.41. The summed E-state index contributed by atoms with van der Waals surface area (Å²) in [5.74, 6) is -0.0237. The molecule has 1 aromatic rings. The van der Waals surface area contributed by atoms with Crippen molar-refractivity contribution in [2.75, 3.05) is 7.05 Å². The molecule has 1 rings (SSSR count). The Morgan fingerprint density at radius 1 is 1.54 bits per heavy atom. The summed E-state index contributed by atoms with van der Waals surface area (Å²) < 4.78 is 1.01. The molecular weight excluding hydrogens is 230 g/mol. The highest BCUT2D eigenvalue weighted by Gasteiger charge is 2.07. The van der Waals surface area contributed by atoms with E-state index in [0.717, 1.165) is 22.0 Å². The first kappa shape index (κ1) is 10.3. The highest BCUT2D eigenvalue weighted by molar-refractivity contribution is 9.10. The van der Waals surface area contributed by atoms with Gasteiger partial charge in [-0.25, -0.2) is 0 Å². The number of aryl methyl sites for hydroxylation is 1. The third kappa shape index (κ3) is 2.31. The Morgan fingerprint density at radius 2 is 2.23 bits per heavy atom. The van der Waals surface area contributed by atoms with Crippen LogP contribution in [0.4, 0.5) is 0 Å². The van der Waals surface area contributed by atoms with Crippen molar-refractivity contribution in [3.05, 3.63) is 33.8 Å². The zero-order valence-corrected chi connectivity index (χ0v) is 9.31. The molecule has 0 radical (unpaired) electrons. The van der Waals surface area contributed by atoms with Gasteiger partial charge in [0.2, 0.25) is 0 Å². The van der Waals surface area contributed by atoms with E-state index >= 15 is 0 Å². The van der Waals surface area contributed by atoms with Crippen molar-refractivity contribution in [1.29, 1.82) is 0 Å². The Kier molecular flexibility index (Phi) is 3.48. The SMILES string of the molecule is CCc1cc(Br)ccc1C(=O)NC. The van der Waals surface area contributed by atoms with Crippen LogP contribution in [0, 0.1) is 0 Å². The Bertz CT molecular complexity index is 323. The van der Waals surface area contributed by atoms with Crippen LogP contribution in [-0.4, -0.2) is 13.0 Å². The molecule has 0 atom stereocenters. The van der Waals surface area contributed by atoms with Gasteiger partial charge in [0.1, 0.15) is 0 Å². The topological polar surface area (TPSA) is 29.1 Å². The second-order valence-electron chi connectivity index (χ2n) is 2.73. The third-order valence-electron chi connectivity index (χ3n) is 1.92. The number of benzene rings is 1. The molecule has 0 heterocycles. The molecule has 0 aliphatic heterocycles. The summed E-state index contributed by atoms with van der Waals surface area (Å²) in [7, 11) is 1.64. The van der Waals surface area contributed by atoms with Gasteiger partial charge in [-0.05, 0) is 30.2 Å². The number of rotatable bonds is 2. The van der Waals surface area contributed by atoms with Crippen LogP contribution in [0.2, 0.25) is 0 Å². The summed E-state index contributed by atoms with van der Waals surface area (Å²) in [5, 5.41) is 2.62. The molecule has 2 nitrogen and oxygen atoms in total. The summed E-state index contributed by atoms with van der Waals surface area (Å²) in [6.07, 6.45) is 0.863. The van der Waals surface area contributed by atoms with E-state index in [1.807, 2.05) is 25.1 Å². The van der Waals surface area contributed by atoms with Gasteiger partial charge in [-0.15, -0.1) is 0 Å². The predicted octanol–water partition coefficient (Wildman–Crippen LogP) is 2.37. The smallest absolute Gasteiger partial charge is 0.251 e. The van der Waals surface area contributed by atoms with E-state index in [1.165, 1.54) is 0 Å². The van der Waals surface area contributed by atoms with Crippen LogP contribution < -0.4 is 5.32 Å². The van der Waals surface area contributed by atoms with Gasteiger partial charge in [0.25, 0.3) is 5.91 Å². The van der Waals surface area contributed by atoms with Crippen molar-refractivity contribution in [1.82, 2.24) is 5.32 Å². The number of carbonyl (C=O) groups excluding carboxylic acids is 1. The largest absolute Gasteiger partial charge is 0.355 e. The lowest BCUT2D eigenvalue weighted by Gasteiger charge is -2.06. The molecule has 0 unspecified atom stereocenters. The Morgan fingerprint density at radius 3 is 2.77 bits per heavy atom. The van der Waals surface area contributed by atoms with E-state index in [9.17, 15) is 4.79 Å². The standard InChI is InChI=1S/C10H12BrNO/c1-3-7-6-8(11)4-5-9(7)10(13)12-2/h4-6H,3H2,1-2H3,(H,12,13). The van der Waals surface area contributed by atoms with Gasteiger partial charge in [-0.2, -0.15) is 0 Å². The number of halogens is 1. The molecule has 3 heteroatoms. The Hall–Kier alpha value is -0.830. The van der Waals surface area contributed by atoms with E-state index < -0.39 is 0 Å². The summed E-state index contributed by atoms with van der Waals surface area (Å²) in [6, 6.07) is 5.69. The molecule has 1 N–H and O–H groups in total. The van der Waals surface area contributed by atoms with Gasteiger partial charge in [0.15, 0.2) is 0 Å². The molecule has 0 saturated heterocycles. The maximum Gasteiger partial charge on any atom is 0.251 e. The van der Waals surface area contributed by atoms with E-state index in [0.29, 0.717) is 0 Å². The van der Waals surface area contributed by atoms with Crippen molar-refractivity contribution in [2.45, 2.75) is 13.3 Å². The number of hydrogen-bond acceptors (Lipinski definition) is 1. The summed E-state index contributed by atoms with van der Waals surface area (Å²) in [6.45, 7) is 2.04. The fraction of sp³-hybridized carbons (Fsp3) is 0.300. The van der Waals surface area contributed by atoms with Crippen LogP contribution in [0.25, 0.3) is 0 Å². The molecule has 1 aromatic carbocycles. The molecule has 0 saturated carbocycles. The van der Waals surface area contributed by atoms with Crippen molar-refractivity contribution in [3.8, 4) is 0 Å². The minimum absolute atomic E-state index is 0.0237. The van der Waals surface area contributed by atoms with Crippen molar-refractivity contribution in [3.63, 3.8) is 0 Å². The van der Waals surface area contributed by atoms with E-state index in [-0.39, 0.29) is 5.91 Å². The molecule has 13 heavy (non-hydrogen) atoms. The fourth-order valence-electron chi connectivity index (χ4n) is 1.21. The average molecular weight is 242 g/mol. The van der Waals surface area contributed by atoms with E-state index in [4.69, 9.17) is 0 Å². The van der Waals surface area contributed by atoms with Gasteiger partial charge < -0.3 is 5.32 Å². The normalized spacial score (nSPS) is 9.77.